The Kier molecular flexibility index (Phi) is 5.82. The Morgan fingerprint density at radius 3 is 2.65 bits per heavy atom. The molecule has 1 aromatic carbocycles. The Hall–Kier alpha value is -1.82. The van der Waals surface area contributed by atoms with Gasteiger partial charge in [0.15, 0.2) is 0 Å². The number of sulfonamides is 1. The lowest BCUT2D eigenvalue weighted by Crippen LogP contribution is -2.30. The van der Waals surface area contributed by atoms with E-state index in [1.807, 2.05) is 0 Å². The van der Waals surface area contributed by atoms with Crippen molar-refractivity contribution in [3.63, 3.8) is 0 Å². The number of hydrogen-bond donors (Lipinski definition) is 1. The molecule has 0 radical (unpaired) electrons. The van der Waals surface area contributed by atoms with Crippen molar-refractivity contribution in [3.05, 3.63) is 41.5 Å². The van der Waals surface area contributed by atoms with Gasteiger partial charge >= 0.3 is 0 Å². The quantitative estimate of drug-likeness (QED) is 0.812. The summed E-state index contributed by atoms with van der Waals surface area (Å²) >= 11 is 0. The number of amides is 1. The molecule has 1 aliphatic rings. The monoisotopic (exact) mass is 336 g/mol. The second-order valence-corrected chi connectivity index (χ2v) is 7.88. The SMILES string of the molecule is CN(c1ccccc1C(=O)NCCC1=CCCCC1)S(C)(=O)=O. The van der Waals surface area contributed by atoms with E-state index in [0.29, 0.717) is 17.8 Å². The van der Waals surface area contributed by atoms with Crippen LogP contribution >= 0.6 is 0 Å². The van der Waals surface area contributed by atoms with Gasteiger partial charge in [0.1, 0.15) is 0 Å². The second kappa shape index (κ2) is 7.64. The van der Waals surface area contributed by atoms with E-state index >= 15 is 0 Å². The van der Waals surface area contributed by atoms with Gasteiger partial charge in [-0.2, -0.15) is 0 Å². The van der Waals surface area contributed by atoms with Crippen molar-refractivity contribution < 1.29 is 13.2 Å². The molecule has 1 N–H and O–H groups in total. The predicted molar refractivity (Wildman–Crippen MR) is 93.2 cm³/mol. The summed E-state index contributed by atoms with van der Waals surface area (Å²) in [4.78, 5) is 12.4. The molecule has 0 aliphatic heterocycles. The van der Waals surface area contributed by atoms with E-state index in [4.69, 9.17) is 0 Å². The summed E-state index contributed by atoms with van der Waals surface area (Å²) < 4.78 is 24.6. The zero-order valence-electron chi connectivity index (χ0n) is 13.7. The zero-order valence-corrected chi connectivity index (χ0v) is 14.5. The highest BCUT2D eigenvalue weighted by molar-refractivity contribution is 7.92. The minimum atomic E-state index is -3.41. The topological polar surface area (TPSA) is 66.5 Å². The normalized spacial score (nSPS) is 15.0. The third-order valence-electron chi connectivity index (χ3n) is 4.10. The number of hydrogen-bond acceptors (Lipinski definition) is 3. The van der Waals surface area contributed by atoms with E-state index in [1.165, 1.54) is 25.5 Å². The number of carbonyl (C=O) groups is 1. The first kappa shape index (κ1) is 17.5. The van der Waals surface area contributed by atoms with Crippen LogP contribution in [-0.2, 0) is 10.0 Å². The van der Waals surface area contributed by atoms with Crippen LogP contribution < -0.4 is 9.62 Å². The maximum Gasteiger partial charge on any atom is 0.253 e. The summed E-state index contributed by atoms with van der Waals surface area (Å²) in [6, 6.07) is 6.74. The fourth-order valence-electron chi connectivity index (χ4n) is 2.68. The molecule has 0 saturated heterocycles. The highest BCUT2D eigenvalue weighted by Gasteiger charge is 2.19. The van der Waals surface area contributed by atoms with Crippen molar-refractivity contribution >= 4 is 21.6 Å². The van der Waals surface area contributed by atoms with Gasteiger partial charge in [-0.1, -0.05) is 23.8 Å². The standard InChI is InChI=1S/C17H24N2O3S/c1-19(23(2,21)22)16-11-7-6-10-15(16)17(20)18-13-12-14-8-4-3-5-9-14/h6-8,10-11H,3-5,9,12-13H2,1-2H3,(H,18,20). The molecule has 0 saturated carbocycles. The van der Waals surface area contributed by atoms with Crippen LogP contribution in [0.15, 0.2) is 35.9 Å². The first-order valence-corrected chi connectivity index (χ1v) is 9.73. The molecular weight excluding hydrogens is 312 g/mol. The van der Waals surface area contributed by atoms with Crippen LogP contribution in [-0.4, -0.2) is 34.2 Å². The zero-order chi connectivity index (χ0) is 16.9. The van der Waals surface area contributed by atoms with Crippen LogP contribution in [0.25, 0.3) is 0 Å². The number of nitrogens with zero attached hydrogens (tertiary/aromatic N) is 1. The summed E-state index contributed by atoms with van der Waals surface area (Å²) in [7, 11) is -1.95. The van der Waals surface area contributed by atoms with Crippen LogP contribution in [0.3, 0.4) is 0 Å². The molecule has 0 aromatic heterocycles. The van der Waals surface area contributed by atoms with Crippen LogP contribution in [0.4, 0.5) is 5.69 Å². The van der Waals surface area contributed by atoms with Gasteiger partial charge in [0.25, 0.3) is 5.91 Å². The predicted octanol–water partition coefficient (Wildman–Crippen LogP) is 2.70. The fourth-order valence-corrected chi connectivity index (χ4v) is 3.20. The number of rotatable bonds is 6. The lowest BCUT2D eigenvalue weighted by atomic mass is 9.97. The Morgan fingerprint density at radius 2 is 2.00 bits per heavy atom. The van der Waals surface area contributed by atoms with Gasteiger partial charge < -0.3 is 5.32 Å². The minimum absolute atomic E-state index is 0.243. The van der Waals surface area contributed by atoms with E-state index < -0.39 is 10.0 Å². The van der Waals surface area contributed by atoms with E-state index in [2.05, 4.69) is 11.4 Å². The largest absolute Gasteiger partial charge is 0.352 e. The third kappa shape index (κ3) is 4.82. The summed E-state index contributed by atoms with van der Waals surface area (Å²) in [6.45, 7) is 0.571. The fraction of sp³-hybridized carbons (Fsp3) is 0.471. The molecule has 0 bridgehead atoms. The van der Waals surface area contributed by atoms with Crippen molar-refractivity contribution in [1.82, 2.24) is 5.32 Å². The Morgan fingerprint density at radius 1 is 1.26 bits per heavy atom. The lowest BCUT2D eigenvalue weighted by molar-refractivity contribution is 0.0954. The van der Waals surface area contributed by atoms with Gasteiger partial charge in [-0.05, 0) is 44.2 Å². The molecule has 0 fully saturated rings. The maximum atomic E-state index is 12.4. The van der Waals surface area contributed by atoms with Gasteiger partial charge in [0.05, 0.1) is 17.5 Å². The molecule has 1 aromatic rings. The lowest BCUT2D eigenvalue weighted by Gasteiger charge is -2.20. The molecule has 23 heavy (non-hydrogen) atoms. The summed E-state index contributed by atoms with van der Waals surface area (Å²) in [5, 5.41) is 2.89. The number of allylic oxidation sites excluding steroid dienone is 1. The van der Waals surface area contributed by atoms with Gasteiger partial charge in [0, 0.05) is 13.6 Å². The number of para-hydroxylation sites is 1. The van der Waals surface area contributed by atoms with Gasteiger partial charge in [-0.25, -0.2) is 8.42 Å². The van der Waals surface area contributed by atoms with Crippen LogP contribution in [0, 0.1) is 0 Å². The molecular formula is C17H24N2O3S. The molecule has 0 atom stereocenters. The Bertz CT molecular complexity index is 696. The van der Waals surface area contributed by atoms with E-state index in [1.54, 1.807) is 24.3 Å². The number of benzene rings is 1. The first-order chi connectivity index (χ1) is 10.9. The number of anilines is 1. The molecule has 5 nitrogen and oxygen atoms in total. The highest BCUT2D eigenvalue weighted by atomic mass is 32.2. The molecule has 6 heteroatoms. The van der Waals surface area contributed by atoms with E-state index in [-0.39, 0.29) is 5.91 Å². The summed E-state index contributed by atoms with van der Waals surface area (Å²) in [6.07, 6.45) is 8.96. The van der Waals surface area contributed by atoms with Crippen molar-refractivity contribution in [2.45, 2.75) is 32.1 Å². The molecule has 1 aliphatic carbocycles. The number of carbonyl (C=O) groups excluding carboxylic acids is 1. The average Bonchev–Trinajstić information content (AvgIpc) is 2.54. The molecule has 0 unspecified atom stereocenters. The van der Waals surface area contributed by atoms with Gasteiger partial charge in [-0.15, -0.1) is 0 Å². The van der Waals surface area contributed by atoms with Crippen molar-refractivity contribution in [2.24, 2.45) is 0 Å². The van der Waals surface area contributed by atoms with Crippen molar-refractivity contribution in [1.29, 1.82) is 0 Å². The number of nitrogens with one attached hydrogen (secondary N) is 1. The van der Waals surface area contributed by atoms with Gasteiger partial charge in [-0.3, -0.25) is 9.10 Å². The van der Waals surface area contributed by atoms with E-state index in [9.17, 15) is 13.2 Å². The van der Waals surface area contributed by atoms with E-state index in [0.717, 1.165) is 29.8 Å². The third-order valence-corrected chi connectivity index (χ3v) is 5.29. The van der Waals surface area contributed by atoms with Crippen molar-refractivity contribution in [2.75, 3.05) is 24.2 Å². The Labute approximate surface area is 138 Å². The molecule has 0 heterocycles. The second-order valence-electron chi connectivity index (χ2n) is 5.86. The highest BCUT2D eigenvalue weighted by Crippen LogP contribution is 2.22. The van der Waals surface area contributed by atoms with Crippen LogP contribution in [0.1, 0.15) is 42.5 Å². The van der Waals surface area contributed by atoms with Gasteiger partial charge in [0.2, 0.25) is 10.0 Å². The maximum absolute atomic E-state index is 12.4. The van der Waals surface area contributed by atoms with Crippen LogP contribution in [0.2, 0.25) is 0 Å². The summed E-state index contributed by atoms with van der Waals surface area (Å²) in [5.41, 5.74) is 2.17. The van der Waals surface area contributed by atoms with Crippen LogP contribution in [0.5, 0.6) is 0 Å². The minimum Gasteiger partial charge on any atom is -0.352 e. The Balaban J connectivity index is 2.03. The molecule has 2 rings (SSSR count). The first-order valence-electron chi connectivity index (χ1n) is 7.88. The molecule has 0 spiro atoms. The summed E-state index contributed by atoms with van der Waals surface area (Å²) in [5.74, 6) is -0.243. The smallest absolute Gasteiger partial charge is 0.253 e. The molecule has 1 amide bonds. The molecule has 126 valence electrons. The van der Waals surface area contributed by atoms with Crippen molar-refractivity contribution in [3.8, 4) is 0 Å². The average molecular weight is 336 g/mol.